The SMILES string of the molecule is CSCC[C@@H]1NC2(CCNCC2)N(Cc2ccccc2)C1=O. The van der Waals surface area contributed by atoms with E-state index in [-0.39, 0.29) is 17.6 Å². The topological polar surface area (TPSA) is 44.4 Å². The minimum absolute atomic E-state index is 0.0192. The van der Waals surface area contributed by atoms with Gasteiger partial charge in [-0.2, -0.15) is 11.8 Å². The van der Waals surface area contributed by atoms with Crippen LogP contribution < -0.4 is 10.6 Å². The van der Waals surface area contributed by atoms with Gasteiger partial charge in [0.1, 0.15) is 0 Å². The third kappa shape index (κ3) is 3.16. The van der Waals surface area contributed by atoms with Crippen LogP contribution in [-0.4, -0.2) is 47.6 Å². The molecule has 2 fully saturated rings. The first-order valence-electron chi connectivity index (χ1n) is 8.08. The summed E-state index contributed by atoms with van der Waals surface area (Å²) in [6.07, 6.45) is 4.99. The highest BCUT2D eigenvalue weighted by Crippen LogP contribution is 2.32. The van der Waals surface area contributed by atoms with Gasteiger partial charge < -0.3 is 10.2 Å². The molecule has 0 aromatic heterocycles. The number of nitrogens with one attached hydrogen (secondary N) is 2. The van der Waals surface area contributed by atoms with Gasteiger partial charge in [-0.05, 0) is 49.9 Å². The van der Waals surface area contributed by atoms with E-state index in [1.165, 1.54) is 5.56 Å². The molecule has 1 aromatic carbocycles. The molecule has 1 aromatic rings. The Morgan fingerprint density at radius 2 is 2.00 bits per heavy atom. The number of amides is 1. The average molecular weight is 319 g/mol. The lowest BCUT2D eigenvalue weighted by Crippen LogP contribution is -2.57. The highest BCUT2D eigenvalue weighted by Gasteiger charge is 2.49. The minimum Gasteiger partial charge on any atom is -0.319 e. The Morgan fingerprint density at radius 1 is 1.27 bits per heavy atom. The first-order valence-corrected chi connectivity index (χ1v) is 9.47. The van der Waals surface area contributed by atoms with E-state index in [1.807, 2.05) is 30.0 Å². The molecular weight excluding hydrogens is 294 g/mol. The number of carbonyl (C=O) groups excluding carboxylic acids is 1. The molecule has 2 saturated heterocycles. The van der Waals surface area contributed by atoms with Gasteiger partial charge in [-0.15, -0.1) is 0 Å². The molecular formula is C17H25N3OS. The second kappa shape index (κ2) is 7.02. The molecule has 0 unspecified atom stereocenters. The van der Waals surface area contributed by atoms with Gasteiger partial charge in [-0.1, -0.05) is 30.3 Å². The standard InChI is InChI=1S/C17H25N3OS/c1-22-12-7-15-16(21)20(13-14-5-3-2-4-6-14)17(19-15)8-10-18-11-9-17/h2-6,15,18-19H,7-13H2,1H3/t15-/m0/s1. The van der Waals surface area contributed by atoms with Gasteiger partial charge in [0.05, 0.1) is 11.7 Å². The van der Waals surface area contributed by atoms with Crippen molar-refractivity contribution >= 4 is 17.7 Å². The fraction of sp³-hybridized carbons (Fsp3) is 0.588. The van der Waals surface area contributed by atoms with Crippen molar-refractivity contribution in [2.24, 2.45) is 0 Å². The maximum Gasteiger partial charge on any atom is 0.241 e. The Balaban J connectivity index is 1.80. The number of piperidine rings is 1. The highest BCUT2D eigenvalue weighted by molar-refractivity contribution is 7.98. The van der Waals surface area contributed by atoms with Crippen molar-refractivity contribution in [2.45, 2.75) is 37.5 Å². The predicted molar refractivity (Wildman–Crippen MR) is 91.7 cm³/mol. The van der Waals surface area contributed by atoms with Gasteiger partial charge in [-0.25, -0.2) is 0 Å². The van der Waals surface area contributed by atoms with Crippen LogP contribution in [-0.2, 0) is 11.3 Å². The van der Waals surface area contributed by atoms with E-state index in [2.05, 4.69) is 33.9 Å². The first kappa shape index (κ1) is 15.8. The fourth-order valence-corrected chi connectivity index (χ4v) is 4.02. The summed E-state index contributed by atoms with van der Waals surface area (Å²) in [7, 11) is 0. The molecule has 1 atom stereocenters. The van der Waals surface area contributed by atoms with E-state index in [4.69, 9.17) is 0 Å². The monoisotopic (exact) mass is 319 g/mol. The van der Waals surface area contributed by atoms with Gasteiger partial charge in [0, 0.05) is 6.54 Å². The first-order chi connectivity index (χ1) is 10.7. The van der Waals surface area contributed by atoms with Crippen molar-refractivity contribution in [3.05, 3.63) is 35.9 Å². The van der Waals surface area contributed by atoms with Crippen molar-refractivity contribution in [2.75, 3.05) is 25.1 Å². The Bertz CT molecular complexity index is 502. The Labute approximate surface area is 137 Å². The zero-order valence-corrected chi connectivity index (χ0v) is 14.0. The summed E-state index contributed by atoms with van der Waals surface area (Å²) < 4.78 is 0. The lowest BCUT2D eigenvalue weighted by atomic mass is 9.96. The van der Waals surface area contributed by atoms with Gasteiger partial charge >= 0.3 is 0 Å². The van der Waals surface area contributed by atoms with E-state index in [0.29, 0.717) is 6.54 Å². The van der Waals surface area contributed by atoms with E-state index < -0.39 is 0 Å². The van der Waals surface area contributed by atoms with E-state index in [1.54, 1.807) is 0 Å². The van der Waals surface area contributed by atoms with Gasteiger partial charge in [-0.3, -0.25) is 10.1 Å². The van der Waals surface area contributed by atoms with Crippen LogP contribution >= 0.6 is 11.8 Å². The van der Waals surface area contributed by atoms with Crippen LogP contribution in [0.1, 0.15) is 24.8 Å². The third-order valence-electron chi connectivity index (χ3n) is 4.75. The zero-order valence-electron chi connectivity index (χ0n) is 13.2. The van der Waals surface area contributed by atoms with Crippen LogP contribution in [0.15, 0.2) is 30.3 Å². The Morgan fingerprint density at radius 3 is 2.68 bits per heavy atom. The molecule has 2 heterocycles. The van der Waals surface area contributed by atoms with Gasteiger partial charge in [0.25, 0.3) is 0 Å². The molecule has 2 aliphatic heterocycles. The second-order valence-corrected chi connectivity index (χ2v) is 7.16. The molecule has 2 N–H and O–H groups in total. The summed E-state index contributed by atoms with van der Waals surface area (Å²) in [6.45, 7) is 2.66. The average Bonchev–Trinajstić information content (AvgIpc) is 2.80. The minimum atomic E-state index is -0.152. The summed E-state index contributed by atoms with van der Waals surface area (Å²) in [5, 5.41) is 7.10. The van der Waals surface area contributed by atoms with Gasteiger partial charge in [0.2, 0.25) is 5.91 Å². The molecule has 2 aliphatic rings. The van der Waals surface area contributed by atoms with Crippen molar-refractivity contribution in [1.82, 2.24) is 15.5 Å². The van der Waals surface area contributed by atoms with Crippen LogP contribution in [0.25, 0.3) is 0 Å². The normalized spacial score (nSPS) is 24.1. The molecule has 3 rings (SSSR count). The highest BCUT2D eigenvalue weighted by atomic mass is 32.2. The van der Waals surface area contributed by atoms with Crippen LogP contribution in [0.5, 0.6) is 0 Å². The quantitative estimate of drug-likeness (QED) is 0.869. The van der Waals surface area contributed by atoms with Crippen LogP contribution in [0.4, 0.5) is 0 Å². The van der Waals surface area contributed by atoms with Crippen LogP contribution in [0.3, 0.4) is 0 Å². The number of hydrogen-bond donors (Lipinski definition) is 2. The smallest absolute Gasteiger partial charge is 0.241 e. The number of hydrogen-bond acceptors (Lipinski definition) is 4. The van der Waals surface area contributed by atoms with Crippen LogP contribution in [0, 0.1) is 0 Å². The number of thioether (sulfide) groups is 1. The molecule has 0 radical (unpaired) electrons. The maximum atomic E-state index is 12.9. The summed E-state index contributed by atoms with van der Waals surface area (Å²) in [5.74, 6) is 1.30. The number of carbonyl (C=O) groups is 1. The molecule has 4 nitrogen and oxygen atoms in total. The Kier molecular flexibility index (Phi) is 5.06. The summed E-state index contributed by atoms with van der Waals surface area (Å²) >= 11 is 1.81. The number of rotatable bonds is 5. The lowest BCUT2D eigenvalue weighted by molar-refractivity contribution is -0.133. The van der Waals surface area contributed by atoms with Crippen molar-refractivity contribution in [1.29, 1.82) is 0 Å². The van der Waals surface area contributed by atoms with E-state index >= 15 is 0 Å². The largest absolute Gasteiger partial charge is 0.319 e. The fourth-order valence-electron chi connectivity index (χ4n) is 3.54. The molecule has 5 heteroatoms. The van der Waals surface area contributed by atoms with Crippen molar-refractivity contribution in [3.8, 4) is 0 Å². The molecule has 120 valence electrons. The molecule has 0 saturated carbocycles. The lowest BCUT2D eigenvalue weighted by Gasteiger charge is -2.41. The number of nitrogens with zero attached hydrogens (tertiary/aromatic N) is 1. The summed E-state index contributed by atoms with van der Waals surface area (Å²) in [5.41, 5.74) is 1.06. The van der Waals surface area contributed by atoms with Gasteiger partial charge in [0.15, 0.2) is 0 Å². The second-order valence-electron chi connectivity index (χ2n) is 6.17. The molecule has 22 heavy (non-hydrogen) atoms. The van der Waals surface area contributed by atoms with E-state index in [0.717, 1.165) is 38.1 Å². The molecule has 1 amide bonds. The zero-order chi connectivity index (χ0) is 15.4. The van der Waals surface area contributed by atoms with Crippen molar-refractivity contribution < 1.29 is 4.79 Å². The molecule has 0 aliphatic carbocycles. The summed E-state index contributed by atoms with van der Waals surface area (Å²) in [4.78, 5) is 15.0. The molecule has 1 spiro atoms. The Hall–Kier alpha value is -1.04. The van der Waals surface area contributed by atoms with E-state index in [9.17, 15) is 4.79 Å². The maximum absolute atomic E-state index is 12.9. The molecule has 0 bridgehead atoms. The number of benzene rings is 1. The van der Waals surface area contributed by atoms with Crippen molar-refractivity contribution in [3.63, 3.8) is 0 Å². The predicted octanol–water partition coefficient (Wildman–Crippen LogP) is 1.82. The summed E-state index contributed by atoms with van der Waals surface area (Å²) in [6, 6.07) is 10.3. The third-order valence-corrected chi connectivity index (χ3v) is 5.39. The van der Waals surface area contributed by atoms with Crippen LogP contribution in [0.2, 0.25) is 0 Å².